The Morgan fingerprint density at radius 3 is 2.67 bits per heavy atom. The number of hydrogen-bond acceptors (Lipinski definition) is 3. The molecule has 0 amide bonds. The monoisotopic (exact) mass is 251 g/mol. The first-order chi connectivity index (χ1) is 8.48. The van der Waals surface area contributed by atoms with E-state index < -0.39 is 0 Å². The lowest BCUT2D eigenvalue weighted by molar-refractivity contribution is 0.157. The number of ether oxygens (including phenoxy) is 1. The molecule has 0 aliphatic heterocycles. The molecule has 0 spiro atoms. The van der Waals surface area contributed by atoms with E-state index in [0.29, 0.717) is 0 Å². The first-order valence-electron chi connectivity index (χ1n) is 6.43. The summed E-state index contributed by atoms with van der Waals surface area (Å²) in [5.74, 6) is 0.948. The van der Waals surface area contributed by atoms with Gasteiger partial charge >= 0.3 is 0 Å². The van der Waals surface area contributed by atoms with Crippen molar-refractivity contribution in [2.75, 3.05) is 26.8 Å². The van der Waals surface area contributed by atoms with Crippen LogP contribution in [0.3, 0.4) is 0 Å². The topological polar surface area (TPSA) is 41.5 Å². The maximum absolute atomic E-state index is 9.17. The van der Waals surface area contributed by atoms with Gasteiger partial charge in [-0.2, -0.15) is 0 Å². The van der Waals surface area contributed by atoms with Crippen molar-refractivity contribution in [2.24, 2.45) is 5.41 Å². The lowest BCUT2D eigenvalue weighted by Crippen LogP contribution is -2.33. The fraction of sp³-hybridized carbons (Fsp3) is 0.600. The second-order valence-electron chi connectivity index (χ2n) is 5.56. The normalized spacial score (nSPS) is 11.6. The van der Waals surface area contributed by atoms with Crippen LogP contribution in [0.1, 0.15) is 25.0 Å². The van der Waals surface area contributed by atoms with E-state index >= 15 is 0 Å². The molecule has 0 saturated carbocycles. The minimum atomic E-state index is -0.0588. The predicted octanol–water partition coefficient (Wildman–Crippen LogP) is 2.15. The van der Waals surface area contributed by atoms with Crippen LogP contribution < -0.4 is 10.1 Å². The van der Waals surface area contributed by atoms with Crippen LogP contribution in [0.15, 0.2) is 18.2 Å². The molecule has 0 aliphatic carbocycles. The Hall–Kier alpha value is -1.06. The first kappa shape index (κ1) is 15.0. The highest BCUT2D eigenvalue weighted by molar-refractivity contribution is 5.37. The summed E-state index contributed by atoms with van der Waals surface area (Å²) in [6.45, 7) is 8.10. The van der Waals surface area contributed by atoms with Crippen LogP contribution in [0.4, 0.5) is 0 Å². The molecule has 1 aromatic carbocycles. The van der Waals surface area contributed by atoms with Crippen LogP contribution in [0.25, 0.3) is 0 Å². The minimum Gasteiger partial charge on any atom is -0.496 e. The Kier molecular flexibility index (Phi) is 5.63. The van der Waals surface area contributed by atoms with E-state index in [9.17, 15) is 0 Å². The molecule has 18 heavy (non-hydrogen) atoms. The molecule has 102 valence electrons. The number of rotatable bonds is 7. The van der Waals surface area contributed by atoms with Gasteiger partial charge in [-0.25, -0.2) is 0 Å². The fourth-order valence-electron chi connectivity index (χ4n) is 1.81. The van der Waals surface area contributed by atoms with Crippen molar-refractivity contribution in [3.8, 4) is 5.75 Å². The maximum Gasteiger partial charge on any atom is 0.122 e. The van der Waals surface area contributed by atoms with Crippen molar-refractivity contribution < 1.29 is 9.84 Å². The van der Waals surface area contributed by atoms with Crippen molar-refractivity contribution in [3.05, 3.63) is 29.3 Å². The molecule has 1 rings (SSSR count). The largest absolute Gasteiger partial charge is 0.496 e. The van der Waals surface area contributed by atoms with Crippen LogP contribution in [0.5, 0.6) is 5.75 Å². The highest BCUT2D eigenvalue weighted by atomic mass is 16.5. The number of aliphatic hydroxyl groups excluding tert-OH is 1. The molecule has 0 bridgehead atoms. The van der Waals surface area contributed by atoms with Crippen LogP contribution in [0, 0.1) is 12.3 Å². The van der Waals surface area contributed by atoms with Crippen molar-refractivity contribution in [1.82, 2.24) is 5.32 Å². The van der Waals surface area contributed by atoms with Crippen LogP contribution >= 0.6 is 0 Å². The van der Waals surface area contributed by atoms with Gasteiger partial charge in [-0.15, -0.1) is 0 Å². The summed E-state index contributed by atoms with van der Waals surface area (Å²) in [6, 6.07) is 6.24. The predicted molar refractivity (Wildman–Crippen MR) is 75.2 cm³/mol. The van der Waals surface area contributed by atoms with Crippen LogP contribution in [-0.2, 0) is 6.42 Å². The second-order valence-corrected chi connectivity index (χ2v) is 5.56. The second kappa shape index (κ2) is 6.76. The van der Waals surface area contributed by atoms with Crippen molar-refractivity contribution >= 4 is 0 Å². The van der Waals surface area contributed by atoms with Gasteiger partial charge in [0.15, 0.2) is 0 Å². The molecular weight excluding hydrogens is 226 g/mol. The molecule has 0 radical (unpaired) electrons. The molecular formula is C15H25NO2. The summed E-state index contributed by atoms with van der Waals surface area (Å²) in [5, 5.41) is 12.5. The van der Waals surface area contributed by atoms with Crippen LogP contribution in [-0.4, -0.2) is 31.9 Å². The highest BCUT2D eigenvalue weighted by Gasteiger charge is 2.15. The van der Waals surface area contributed by atoms with Gasteiger partial charge in [0.05, 0.1) is 7.11 Å². The zero-order valence-corrected chi connectivity index (χ0v) is 11.9. The van der Waals surface area contributed by atoms with Gasteiger partial charge in [-0.1, -0.05) is 31.5 Å². The molecule has 0 heterocycles. The van der Waals surface area contributed by atoms with Crippen molar-refractivity contribution in [2.45, 2.75) is 27.2 Å². The summed E-state index contributed by atoms with van der Waals surface area (Å²) < 4.78 is 5.35. The molecule has 0 saturated heterocycles. The zero-order valence-electron chi connectivity index (χ0n) is 11.9. The summed E-state index contributed by atoms with van der Waals surface area (Å²) in [4.78, 5) is 0. The molecule has 0 fully saturated rings. The Morgan fingerprint density at radius 1 is 1.33 bits per heavy atom. The quantitative estimate of drug-likeness (QED) is 0.730. The van der Waals surface area contributed by atoms with E-state index in [4.69, 9.17) is 9.84 Å². The number of benzene rings is 1. The molecule has 0 atom stereocenters. The maximum atomic E-state index is 9.17. The lowest BCUT2D eigenvalue weighted by atomic mass is 9.95. The van der Waals surface area contributed by atoms with Crippen LogP contribution in [0.2, 0.25) is 0 Å². The standard InChI is InChI=1S/C15H25NO2/c1-12-5-6-14(18-4)13(9-12)7-8-16-10-15(2,3)11-17/h5-6,9,16-17H,7-8,10-11H2,1-4H3. The van der Waals surface area contributed by atoms with E-state index in [1.54, 1.807) is 7.11 Å². The van der Waals surface area contributed by atoms with Crippen molar-refractivity contribution in [3.63, 3.8) is 0 Å². The van der Waals surface area contributed by atoms with Crippen molar-refractivity contribution in [1.29, 1.82) is 0 Å². The number of nitrogens with one attached hydrogen (secondary N) is 1. The summed E-state index contributed by atoms with van der Waals surface area (Å²) in [5.41, 5.74) is 2.42. The molecule has 0 aliphatic rings. The van der Waals surface area contributed by atoms with E-state index in [2.05, 4.69) is 24.4 Å². The average Bonchev–Trinajstić information content (AvgIpc) is 2.35. The third kappa shape index (κ3) is 4.67. The third-order valence-corrected chi connectivity index (χ3v) is 3.04. The Labute approximate surface area is 110 Å². The zero-order chi connectivity index (χ0) is 13.6. The number of hydrogen-bond donors (Lipinski definition) is 2. The van der Waals surface area contributed by atoms with Gasteiger partial charge in [0.1, 0.15) is 5.75 Å². The Balaban J connectivity index is 2.46. The minimum absolute atomic E-state index is 0.0588. The lowest BCUT2D eigenvalue weighted by Gasteiger charge is -2.22. The summed E-state index contributed by atoms with van der Waals surface area (Å²) >= 11 is 0. The third-order valence-electron chi connectivity index (χ3n) is 3.04. The highest BCUT2D eigenvalue weighted by Crippen LogP contribution is 2.20. The smallest absolute Gasteiger partial charge is 0.122 e. The Morgan fingerprint density at radius 2 is 2.06 bits per heavy atom. The molecule has 1 aromatic rings. The number of aryl methyl sites for hydroxylation is 1. The molecule has 3 heteroatoms. The van der Waals surface area contributed by atoms with Gasteiger partial charge < -0.3 is 15.2 Å². The van der Waals surface area contributed by atoms with E-state index in [-0.39, 0.29) is 12.0 Å². The summed E-state index contributed by atoms with van der Waals surface area (Å²) in [6.07, 6.45) is 0.937. The van der Waals surface area contributed by atoms with E-state index in [0.717, 1.165) is 25.3 Å². The average molecular weight is 251 g/mol. The van der Waals surface area contributed by atoms with E-state index in [1.165, 1.54) is 11.1 Å². The van der Waals surface area contributed by atoms with Gasteiger partial charge in [0.25, 0.3) is 0 Å². The first-order valence-corrected chi connectivity index (χ1v) is 6.43. The van der Waals surface area contributed by atoms with Gasteiger partial charge in [-0.3, -0.25) is 0 Å². The van der Waals surface area contributed by atoms with E-state index in [1.807, 2.05) is 19.9 Å². The molecule has 2 N–H and O–H groups in total. The number of methoxy groups -OCH3 is 1. The van der Waals surface area contributed by atoms with Gasteiger partial charge in [0, 0.05) is 18.6 Å². The van der Waals surface area contributed by atoms with Gasteiger partial charge in [0.2, 0.25) is 0 Å². The number of aliphatic hydroxyl groups is 1. The molecule has 3 nitrogen and oxygen atoms in total. The molecule has 0 unspecified atom stereocenters. The SMILES string of the molecule is COc1ccc(C)cc1CCNCC(C)(C)CO. The fourth-order valence-corrected chi connectivity index (χ4v) is 1.81. The van der Waals surface area contributed by atoms with Gasteiger partial charge in [-0.05, 0) is 31.5 Å². The summed E-state index contributed by atoms with van der Waals surface area (Å²) in [7, 11) is 1.70. The Bertz CT molecular complexity index is 375. The molecule has 0 aromatic heterocycles.